The zero-order chi connectivity index (χ0) is 21.3. The molecule has 2 aromatic carbocycles. The number of piperidine rings is 1. The zero-order valence-corrected chi connectivity index (χ0v) is 18.2. The van der Waals surface area contributed by atoms with Crippen LogP contribution in [-0.4, -0.2) is 38.1 Å². The molecule has 1 aliphatic heterocycles. The second kappa shape index (κ2) is 10.8. The zero-order valence-electron chi connectivity index (χ0n) is 18.2. The van der Waals surface area contributed by atoms with Gasteiger partial charge < -0.3 is 14.8 Å². The number of nitrogens with one attached hydrogen (secondary N) is 1. The van der Waals surface area contributed by atoms with E-state index in [0.717, 1.165) is 30.8 Å². The summed E-state index contributed by atoms with van der Waals surface area (Å²) in [5.41, 5.74) is 3.80. The maximum Gasteiger partial charge on any atom is 0.251 e. The van der Waals surface area contributed by atoms with Gasteiger partial charge in [0.05, 0.1) is 14.2 Å². The highest BCUT2D eigenvalue weighted by molar-refractivity contribution is 5.96. The number of nitrogens with zero attached hydrogens (tertiary/aromatic N) is 1. The molecule has 1 saturated heterocycles. The van der Waals surface area contributed by atoms with E-state index in [-0.39, 0.29) is 5.91 Å². The van der Waals surface area contributed by atoms with E-state index in [1.165, 1.54) is 24.8 Å². The second-order valence-corrected chi connectivity index (χ2v) is 7.59. The standard InChI is InChI=1S/C25H32N2O3/c1-4-10-19-15-22(16-23(29-2)24(19)30-3)25(28)26-17-20-11-6-7-12-21(20)18-27-13-8-5-9-14-27/h4,6-7,10-12,15-16H,5,8-9,13-14,17-18H2,1-3H3,(H,26,28)/b10-4+. The van der Waals surface area contributed by atoms with Crippen LogP contribution < -0.4 is 14.8 Å². The van der Waals surface area contributed by atoms with Gasteiger partial charge in [-0.25, -0.2) is 0 Å². The minimum Gasteiger partial charge on any atom is -0.493 e. The van der Waals surface area contributed by atoms with Gasteiger partial charge in [-0.2, -0.15) is 0 Å². The van der Waals surface area contributed by atoms with Crippen molar-refractivity contribution >= 4 is 12.0 Å². The lowest BCUT2D eigenvalue weighted by Crippen LogP contribution is -2.30. The Kier molecular flexibility index (Phi) is 7.91. The molecule has 5 nitrogen and oxygen atoms in total. The van der Waals surface area contributed by atoms with Crippen LogP contribution in [0.15, 0.2) is 42.5 Å². The molecule has 0 atom stereocenters. The fraction of sp³-hybridized carbons (Fsp3) is 0.400. The molecule has 0 aromatic heterocycles. The summed E-state index contributed by atoms with van der Waals surface area (Å²) in [4.78, 5) is 15.4. The predicted molar refractivity (Wildman–Crippen MR) is 121 cm³/mol. The largest absolute Gasteiger partial charge is 0.493 e. The first kappa shape index (κ1) is 21.9. The summed E-state index contributed by atoms with van der Waals surface area (Å²) in [6.45, 7) is 5.67. The monoisotopic (exact) mass is 408 g/mol. The molecule has 1 amide bonds. The molecule has 0 unspecified atom stereocenters. The molecular formula is C25H32N2O3. The smallest absolute Gasteiger partial charge is 0.251 e. The molecule has 1 aliphatic rings. The van der Waals surface area contributed by atoms with Gasteiger partial charge in [0.25, 0.3) is 5.91 Å². The molecule has 0 saturated carbocycles. The van der Waals surface area contributed by atoms with E-state index in [1.54, 1.807) is 20.3 Å². The average molecular weight is 409 g/mol. The fourth-order valence-corrected chi connectivity index (χ4v) is 3.95. The topological polar surface area (TPSA) is 50.8 Å². The van der Waals surface area contributed by atoms with Crippen LogP contribution in [0.2, 0.25) is 0 Å². The predicted octanol–water partition coefficient (Wildman–Crippen LogP) is 4.65. The Balaban J connectivity index is 1.73. The maximum atomic E-state index is 12.9. The number of methoxy groups -OCH3 is 2. The SMILES string of the molecule is C/C=C/c1cc(C(=O)NCc2ccccc2CN2CCCCC2)cc(OC)c1OC. The van der Waals surface area contributed by atoms with Crippen molar-refractivity contribution < 1.29 is 14.3 Å². The number of likely N-dealkylation sites (tertiary alicyclic amines) is 1. The van der Waals surface area contributed by atoms with Crippen LogP contribution in [0.5, 0.6) is 11.5 Å². The highest BCUT2D eigenvalue weighted by atomic mass is 16.5. The van der Waals surface area contributed by atoms with Crippen molar-refractivity contribution in [3.63, 3.8) is 0 Å². The Morgan fingerprint density at radius 3 is 2.47 bits per heavy atom. The minimum atomic E-state index is -0.130. The first-order chi connectivity index (χ1) is 14.7. The van der Waals surface area contributed by atoms with Crippen molar-refractivity contribution in [3.8, 4) is 11.5 Å². The van der Waals surface area contributed by atoms with Crippen molar-refractivity contribution in [2.24, 2.45) is 0 Å². The lowest BCUT2D eigenvalue weighted by Gasteiger charge is -2.27. The third kappa shape index (κ3) is 5.42. The van der Waals surface area contributed by atoms with Crippen molar-refractivity contribution in [3.05, 3.63) is 64.7 Å². The van der Waals surface area contributed by atoms with E-state index in [4.69, 9.17) is 9.47 Å². The third-order valence-electron chi connectivity index (χ3n) is 5.52. The van der Waals surface area contributed by atoms with E-state index in [1.807, 2.05) is 31.2 Å². The van der Waals surface area contributed by atoms with Crippen LogP contribution in [-0.2, 0) is 13.1 Å². The van der Waals surface area contributed by atoms with Crippen molar-refractivity contribution in [1.29, 1.82) is 0 Å². The first-order valence-electron chi connectivity index (χ1n) is 10.6. The summed E-state index contributed by atoms with van der Waals surface area (Å²) in [6, 6.07) is 11.9. The Labute approximate surface area is 179 Å². The van der Waals surface area contributed by atoms with E-state index in [2.05, 4.69) is 28.4 Å². The molecule has 1 N–H and O–H groups in total. The van der Waals surface area contributed by atoms with E-state index in [0.29, 0.717) is 23.6 Å². The number of carbonyl (C=O) groups excluding carboxylic acids is 1. The van der Waals surface area contributed by atoms with Crippen molar-refractivity contribution in [2.75, 3.05) is 27.3 Å². The fourth-order valence-electron chi connectivity index (χ4n) is 3.95. The number of hydrogen-bond donors (Lipinski definition) is 1. The number of hydrogen-bond acceptors (Lipinski definition) is 4. The van der Waals surface area contributed by atoms with Gasteiger partial charge in [0.2, 0.25) is 0 Å². The molecule has 0 aliphatic carbocycles. The van der Waals surface area contributed by atoms with Gasteiger partial charge in [-0.1, -0.05) is 42.8 Å². The van der Waals surface area contributed by atoms with Crippen LogP contribution >= 0.6 is 0 Å². The number of rotatable bonds is 8. The number of allylic oxidation sites excluding steroid dienone is 1. The lowest BCUT2D eigenvalue weighted by molar-refractivity contribution is 0.0950. The number of benzene rings is 2. The van der Waals surface area contributed by atoms with Crippen LogP contribution in [0, 0.1) is 0 Å². The normalized spacial score (nSPS) is 14.6. The molecule has 1 fully saturated rings. The van der Waals surface area contributed by atoms with Gasteiger partial charge in [-0.05, 0) is 56.1 Å². The number of amides is 1. The molecular weight excluding hydrogens is 376 g/mol. The van der Waals surface area contributed by atoms with Crippen LogP contribution in [0.1, 0.15) is 53.2 Å². The molecule has 0 bridgehead atoms. The quantitative estimate of drug-likeness (QED) is 0.691. The molecule has 30 heavy (non-hydrogen) atoms. The molecule has 5 heteroatoms. The third-order valence-corrected chi connectivity index (χ3v) is 5.52. The second-order valence-electron chi connectivity index (χ2n) is 7.59. The Hall–Kier alpha value is -2.79. The Morgan fingerprint density at radius 1 is 1.07 bits per heavy atom. The highest BCUT2D eigenvalue weighted by Gasteiger charge is 2.16. The van der Waals surface area contributed by atoms with Gasteiger partial charge in [0.15, 0.2) is 11.5 Å². The van der Waals surface area contributed by atoms with Gasteiger partial charge in [-0.3, -0.25) is 9.69 Å². The minimum absolute atomic E-state index is 0.130. The van der Waals surface area contributed by atoms with Gasteiger partial charge in [0, 0.05) is 24.2 Å². The summed E-state index contributed by atoms with van der Waals surface area (Å²) < 4.78 is 10.9. The molecule has 0 radical (unpaired) electrons. The van der Waals surface area contributed by atoms with Crippen LogP contribution in [0.25, 0.3) is 6.08 Å². The van der Waals surface area contributed by atoms with Crippen LogP contribution in [0.3, 0.4) is 0 Å². The number of carbonyl (C=O) groups is 1. The summed E-state index contributed by atoms with van der Waals surface area (Å²) in [7, 11) is 3.18. The number of ether oxygens (including phenoxy) is 2. The molecule has 1 heterocycles. The average Bonchev–Trinajstić information content (AvgIpc) is 2.78. The maximum absolute atomic E-state index is 12.9. The van der Waals surface area contributed by atoms with Gasteiger partial charge in [0.1, 0.15) is 0 Å². The van der Waals surface area contributed by atoms with Gasteiger partial charge >= 0.3 is 0 Å². The Morgan fingerprint density at radius 2 is 1.80 bits per heavy atom. The molecule has 160 valence electrons. The van der Waals surface area contributed by atoms with E-state index < -0.39 is 0 Å². The van der Waals surface area contributed by atoms with E-state index in [9.17, 15) is 4.79 Å². The first-order valence-corrected chi connectivity index (χ1v) is 10.6. The van der Waals surface area contributed by atoms with Crippen molar-refractivity contribution in [2.45, 2.75) is 39.3 Å². The van der Waals surface area contributed by atoms with Crippen molar-refractivity contribution in [1.82, 2.24) is 10.2 Å². The highest BCUT2D eigenvalue weighted by Crippen LogP contribution is 2.33. The van der Waals surface area contributed by atoms with Crippen LogP contribution in [0.4, 0.5) is 0 Å². The summed E-state index contributed by atoms with van der Waals surface area (Å²) in [5.74, 6) is 1.04. The van der Waals surface area contributed by atoms with E-state index >= 15 is 0 Å². The summed E-state index contributed by atoms with van der Waals surface area (Å²) >= 11 is 0. The van der Waals surface area contributed by atoms with Gasteiger partial charge in [-0.15, -0.1) is 0 Å². The molecule has 2 aromatic rings. The molecule has 0 spiro atoms. The lowest BCUT2D eigenvalue weighted by atomic mass is 10.0. The summed E-state index contributed by atoms with van der Waals surface area (Å²) in [6.07, 6.45) is 7.69. The Bertz CT molecular complexity index is 886. The summed E-state index contributed by atoms with van der Waals surface area (Å²) in [5, 5.41) is 3.07. The molecule has 3 rings (SSSR count).